The highest BCUT2D eigenvalue weighted by Gasteiger charge is 2.32. The van der Waals surface area contributed by atoms with Crippen molar-refractivity contribution in [3.8, 4) is 0 Å². The van der Waals surface area contributed by atoms with E-state index >= 15 is 0 Å². The summed E-state index contributed by atoms with van der Waals surface area (Å²) in [4.78, 5) is 1.36. The summed E-state index contributed by atoms with van der Waals surface area (Å²) in [5, 5.41) is 8.52. The van der Waals surface area contributed by atoms with E-state index in [4.69, 9.17) is 5.21 Å². The SMILES string of the molecule is ONC1CCN(CC(F)(F)F)CC1. The van der Waals surface area contributed by atoms with Crippen LogP contribution >= 0.6 is 0 Å². The fraction of sp³-hybridized carbons (Fsp3) is 1.00. The van der Waals surface area contributed by atoms with Gasteiger partial charge >= 0.3 is 6.18 Å². The molecule has 0 atom stereocenters. The fourth-order valence-corrected chi connectivity index (χ4v) is 1.47. The van der Waals surface area contributed by atoms with E-state index in [0.717, 1.165) is 0 Å². The van der Waals surface area contributed by atoms with Gasteiger partial charge in [-0.2, -0.15) is 13.2 Å². The van der Waals surface area contributed by atoms with Crippen LogP contribution < -0.4 is 5.48 Å². The van der Waals surface area contributed by atoms with Gasteiger partial charge in [-0.1, -0.05) is 0 Å². The van der Waals surface area contributed by atoms with Gasteiger partial charge in [0.2, 0.25) is 0 Å². The van der Waals surface area contributed by atoms with E-state index in [1.54, 1.807) is 0 Å². The molecule has 6 heteroatoms. The average molecular weight is 198 g/mol. The van der Waals surface area contributed by atoms with Crippen LogP contribution in [0, 0.1) is 0 Å². The highest BCUT2D eigenvalue weighted by molar-refractivity contribution is 4.75. The van der Waals surface area contributed by atoms with Crippen LogP contribution in [0.2, 0.25) is 0 Å². The van der Waals surface area contributed by atoms with E-state index < -0.39 is 12.7 Å². The van der Waals surface area contributed by atoms with Crippen LogP contribution in [-0.4, -0.2) is 42.0 Å². The van der Waals surface area contributed by atoms with Gasteiger partial charge in [0.25, 0.3) is 0 Å². The minimum atomic E-state index is -4.11. The molecular formula is C7H13F3N2O. The van der Waals surface area contributed by atoms with E-state index in [9.17, 15) is 13.2 Å². The van der Waals surface area contributed by atoms with Crippen LogP contribution in [0.25, 0.3) is 0 Å². The monoisotopic (exact) mass is 198 g/mol. The molecule has 1 fully saturated rings. The van der Waals surface area contributed by atoms with Crippen LogP contribution in [-0.2, 0) is 0 Å². The molecular weight excluding hydrogens is 185 g/mol. The molecule has 0 aromatic carbocycles. The molecule has 0 aromatic rings. The molecule has 0 amide bonds. The van der Waals surface area contributed by atoms with Crippen LogP contribution in [0.1, 0.15) is 12.8 Å². The van der Waals surface area contributed by atoms with Crippen LogP contribution in [0.4, 0.5) is 13.2 Å². The predicted molar refractivity (Wildman–Crippen MR) is 40.4 cm³/mol. The Morgan fingerprint density at radius 2 is 1.85 bits per heavy atom. The molecule has 3 nitrogen and oxygen atoms in total. The summed E-state index contributed by atoms with van der Waals surface area (Å²) in [6.07, 6.45) is -2.99. The maximum atomic E-state index is 11.9. The Morgan fingerprint density at radius 3 is 2.23 bits per heavy atom. The molecule has 0 aliphatic carbocycles. The summed E-state index contributed by atoms with van der Waals surface area (Å²) in [6, 6.07) is -0.0514. The van der Waals surface area contributed by atoms with Crippen LogP contribution in [0.5, 0.6) is 0 Å². The maximum Gasteiger partial charge on any atom is 0.401 e. The first kappa shape index (κ1) is 10.7. The Hall–Kier alpha value is -0.330. The van der Waals surface area contributed by atoms with Gasteiger partial charge in [0, 0.05) is 19.1 Å². The number of nitrogens with one attached hydrogen (secondary N) is 1. The van der Waals surface area contributed by atoms with Gasteiger partial charge in [0.15, 0.2) is 0 Å². The summed E-state index contributed by atoms with van der Waals surface area (Å²) in [5.74, 6) is 0. The molecule has 13 heavy (non-hydrogen) atoms. The molecule has 1 heterocycles. The van der Waals surface area contributed by atoms with Gasteiger partial charge in [-0.05, 0) is 12.8 Å². The lowest BCUT2D eigenvalue weighted by Gasteiger charge is -2.31. The van der Waals surface area contributed by atoms with Crippen molar-refractivity contribution in [2.45, 2.75) is 25.1 Å². The number of halogens is 3. The molecule has 78 valence electrons. The van der Waals surface area contributed by atoms with E-state index in [0.29, 0.717) is 25.9 Å². The average Bonchev–Trinajstić information content (AvgIpc) is 2.03. The first-order valence-electron chi connectivity index (χ1n) is 4.20. The van der Waals surface area contributed by atoms with Crippen molar-refractivity contribution in [2.75, 3.05) is 19.6 Å². The number of hydroxylamine groups is 1. The third-order valence-corrected chi connectivity index (χ3v) is 2.17. The lowest BCUT2D eigenvalue weighted by Crippen LogP contribution is -2.44. The van der Waals surface area contributed by atoms with E-state index in [1.165, 1.54) is 4.90 Å². The van der Waals surface area contributed by atoms with Crippen molar-refractivity contribution in [1.29, 1.82) is 0 Å². The second kappa shape index (κ2) is 4.26. The maximum absolute atomic E-state index is 11.9. The molecule has 0 bridgehead atoms. The molecule has 1 aliphatic heterocycles. The van der Waals surface area contributed by atoms with E-state index in [-0.39, 0.29) is 6.04 Å². The second-order valence-corrected chi connectivity index (χ2v) is 3.29. The van der Waals surface area contributed by atoms with Gasteiger partial charge in [-0.15, -0.1) is 0 Å². The highest BCUT2D eigenvalue weighted by Crippen LogP contribution is 2.19. The van der Waals surface area contributed by atoms with Gasteiger partial charge in [-0.3, -0.25) is 4.90 Å². The van der Waals surface area contributed by atoms with Crippen molar-refractivity contribution in [3.05, 3.63) is 0 Å². The Bertz CT molecular complexity index is 154. The summed E-state index contributed by atoms with van der Waals surface area (Å²) >= 11 is 0. The number of hydrogen-bond acceptors (Lipinski definition) is 3. The minimum Gasteiger partial charge on any atom is -0.317 e. The van der Waals surface area contributed by atoms with Gasteiger partial charge < -0.3 is 5.21 Å². The summed E-state index contributed by atoms with van der Waals surface area (Å²) in [7, 11) is 0. The molecule has 0 saturated carbocycles. The van der Waals surface area contributed by atoms with Crippen molar-refractivity contribution in [1.82, 2.24) is 10.4 Å². The van der Waals surface area contributed by atoms with Crippen molar-refractivity contribution >= 4 is 0 Å². The van der Waals surface area contributed by atoms with Crippen molar-refractivity contribution < 1.29 is 18.4 Å². The number of likely N-dealkylation sites (tertiary alicyclic amines) is 1. The molecule has 0 radical (unpaired) electrons. The first-order chi connectivity index (χ1) is 6.01. The number of nitrogens with zero attached hydrogens (tertiary/aromatic N) is 1. The second-order valence-electron chi connectivity index (χ2n) is 3.29. The quantitative estimate of drug-likeness (QED) is 0.649. The molecule has 1 rings (SSSR count). The third kappa shape index (κ3) is 3.93. The number of hydrogen-bond donors (Lipinski definition) is 2. The minimum absolute atomic E-state index is 0.0514. The zero-order valence-corrected chi connectivity index (χ0v) is 7.14. The number of alkyl halides is 3. The molecule has 0 unspecified atom stereocenters. The molecule has 0 spiro atoms. The van der Waals surface area contributed by atoms with E-state index in [2.05, 4.69) is 5.48 Å². The lowest BCUT2D eigenvalue weighted by molar-refractivity contribution is -0.148. The lowest BCUT2D eigenvalue weighted by atomic mass is 10.1. The van der Waals surface area contributed by atoms with Crippen LogP contribution in [0.15, 0.2) is 0 Å². The smallest absolute Gasteiger partial charge is 0.317 e. The molecule has 2 N–H and O–H groups in total. The van der Waals surface area contributed by atoms with Crippen LogP contribution in [0.3, 0.4) is 0 Å². The number of rotatable bonds is 2. The Balaban J connectivity index is 2.25. The van der Waals surface area contributed by atoms with E-state index in [1.807, 2.05) is 0 Å². The fourth-order valence-electron chi connectivity index (χ4n) is 1.47. The predicted octanol–water partition coefficient (Wildman–Crippen LogP) is 0.992. The largest absolute Gasteiger partial charge is 0.401 e. The van der Waals surface area contributed by atoms with Crippen molar-refractivity contribution in [3.63, 3.8) is 0 Å². The first-order valence-corrected chi connectivity index (χ1v) is 4.20. The molecule has 0 aromatic heterocycles. The standard InChI is InChI=1S/C7H13F3N2O/c8-7(9,10)5-12-3-1-6(11-13)2-4-12/h6,11,13H,1-5H2. The zero-order valence-electron chi connectivity index (χ0n) is 7.14. The zero-order chi connectivity index (χ0) is 9.90. The molecule has 1 saturated heterocycles. The molecule has 1 aliphatic rings. The summed E-state index contributed by atoms with van der Waals surface area (Å²) in [6.45, 7) is -0.0688. The normalized spacial score (nSPS) is 22.2. The summed E-state index contributed by atoms with van der Waals surface area (Å²) in [5.41, 5.74) is 2.08. The number of piperidine rings is 1. The van der Waals surface area contributed by atoms with Gasteiger partial charge in [0.1, 0.15) is 0 Å². The third-order valence-electron chi connectivity index (χ3n) is 2.17. The van der Waals surface area contributed by atoms with Crippen molar-refractivity contribution in [2.24, 2.45) is 0 Å². The summed E-state index contributed by atoms with van der Waals surface area (Å²) < 4.78 is 35.7. The topological polar surface area (TPSA) is 35.5 Å². The Labute approximate surface area is 74.5 Å². The highest BCUT2D eigenvalue weighted by atomic mass is 19.4. The van der Waals surface area contributed by atoms with Gasteiger partial charge in [0.05, 0.1) is 6.54 Å². The Morgan fingerprint density at radius 1 is 1.31 bits per heavy atom. The van der Waals surface area contributed by atoms with Gasteiger partial charge in [-0.25, -0.2) is 5.48 Å². The Kier molecular flexibility index (Phi) is 3.52.